The summed E-state index contributed by atoms with van der Waals surface area (Å²) in [5, 5.41) is 8.39. The first-order valence-corrected chi connectivity index (χ1v) is 6.51. The molecule has 1 aromatic rings. The van der Waals surface area contributed by atoms with Crippen molar-refractivity contribution in [3.63, 3.8) is 0 Å². The van der Waals surface area contributed by atoms with E-state index in [2.05, 4.69) is 0 Å². The van der Waals surface area contributed by atoms with Crippen molar-refractivity contribution in [3.8, 4) is 6.07 Å². The highest BCUT2D eigenvalue weighted by Gasteiger charge is 2.37. The van der Waals surface area contributed by atoms with Crippen molar-refractivity contribution in [3.05, 3.63) is 35.9 Å². The van der Waals surface area contributed by atoms with Crippen LogP contribution in [0.4, 0.5) is 0 Å². The summed E-state index contributed by atoms with van der Waals surface area (Å²) in [4.78, 5) is 25.4. The van der Waals surface area contributed by atoms with E-state index < -0.39 is 11.9 Å². The van der Waals surface area contributed by atoms with Gasteiger partial charge in [-0.3, -0.25) is 9.59 Å². The van der Waals surface area contributed by atoms with Gasteiger partial charge in [0.25, 0.3) is 0 Å². The maximum absolute atomic E-state index is 12.0. The zero-order chi connectivity index (χ0) is 14.5. The Kier molecular flexibility index (Phi) is 4.36. The van der Waals surface area contributed by atoms with Crippen LogP contribution in [-0.2, 0) is 14.3 Å². The summed E-state index contributed by atoms with van der Waals surface area (Å²) in [5.41, 5.74) is 1.03. The number of rotatable bonds is 4. The molecule has 0 unspecified atom stereocenters. The molecule has 1 fully saturated rings. The third-order valence-electron chi connectivity index (χ3n) is 3.52. The van der Waals surface area contributed by atoms with Gasteiger partial charge in [0.15, 0.2) is 6.61 Å². The molecule has 0 aromatic heterocycles. The van der Waals surface area contributed by atoms with Crippen molar-refractivity contribution in [2.75, 3.05) is 13.2 Å². The van der Waals surface area contributed by atoms with E-state index in [-0.39, 0.29) is 25.0 Å². The molecule has 1 aliphatic heterocycles. The van der Waals surface area contributed by atoms with Crippen LogP contribution in [0.25, 0.3) is 0 Å². The Hall–Kier alpha value is -2.35. The number of likely N-dealkylation sites (tertiary alicyclic amines) is 1. The van der Waals surface area contributed by atoms with Crippen molar-refractivity contribution in [1.29, 1.82) is 5.26 Å². The van der Waals surface area contributed by atoms with E-state index in [1.165, 1.54) is 0 Å². The summed E-state index contributed by atoms with van der Waals surface area (Å²) >= 11 is 0. The van der Waals surface area contributed by atoms with Crippen molar-refractivity contribution in [1.82, 2.24) is 4.90 Å². The van der Waals surface area contributed by atoms with Crippen LogP contribution in [0.5, 0.6) is 0 Å². The number of hydrogen-bond donors (Lipinski definition) is 0. The largest absolute Gasteiger partial charge is 0.450 e. The zero-order valence-corrected chi connectivity index (χ0v) is 11.3. The van der Waals surface area contributed by atoms with E-state index in [0.717, 1.165) is 5.56 Å². The first-order chi connectivity index (χ1) is 9.63. The molecule has 20 heavy (non-hydrogen) atoms. The number of carbonyl (C=O) groups excluding carboxylic acids is 2. The number of amides is 1. The highest BCUT2D eigenvalue weighted by Crippen LogP contribution is 2.28. The second kappa shape index (κ2) is 6.20. The molecule has 5 heteroatoms. The van der Waals surface area contributed by atoms with Crippen molar-refractivity contribution >= 4 is 11.9 Å². The molecule has 104 valence electrons. The van der Waals surface area contributed by atoms with Crippen LogP contribution in [0, 0.1) is 17.2 Å². The molecule has 2 rings (SSSR count). The van der Waals surface area contributed by atoms with E-state index in [0.29, 0.717) is 6.54 Å². The lowest BCUT2D eigenvalue weighted by molar-refractivity contribution is -0.146. The van der Waals surface area contributed by atoms with Crippen LogP contribution >= 0.6 is 0 Å². The standard InChI is InChI=1S/C15H16N2O3/c1-11(12-5-3-2-4-6-12)17-10-13(9-14(17)18)15(19)20-8-7-16/h2-6,11,13H,8-10H2,1H3/t11-,13-/m0/s1. The fourth-order valence-corrected chi connectivity index (χ4v) is 2.40. The minimum Gasteiger partial charge on any atom is -0.450 e. The van der Waals surface area contributed by atoms with Crippen molar-refractivity contribution < 1.29 is 14.3 Å². The first kappa shape index (κ1) is 14.1. The lowest BCUT2D eigenvalue weighted by Gasteiger charge is -2.25. The molecular formula is C15H16N2O3. The Balaban J connectivity index is 2.03. The van der Waals surface area contributed by atoms with E-state index >= 15 is 0 Å². The second-order valence-corrected chi connectivity index (χ2v) is 4.80. The summed E-state index contributed by atoms with van der Waals surface area (Å²) < 4.78 is 4.78. The fraction of sp³-hybridized carbons (Fsp3) is 0.400. The highest BCUT2D eigenvalue weighted by atomic mass is 16.5. The molecule has 1 saturated heterocycles. The molecule has 2 atom stereocenters. The molecule has 0 saturated carbocycles. The lowest BCUT2D eigenvalue weighted by atomic mass is 10.1. The van der Waals surface area contributed by atoms with Gasteiger partial charge in [-0.1, -0.05) is 30.3 Å². The first-order valence-electron chi connectivity index (χ1n) is 6.51. The Morgan fingerprint density at radius 1 is 1.50 bits per heavy atom. The van der Waals surface area contributed by atoms with E-state index in [1.807, 2.05) is 37.3 Å². The van der Waals surface area contributed by atoms with Gasteiger partial charge in [0.2, 0.25) is 5.91 Å². The number of nitriles is 1. The van der Waals surface area contributed by atoms with Crippen molar-refractivity contribution in [2.24, 2.45) is 5.92 Å². The number of ether oxygens (including phenoxy) is 1. The molecule has 5 nitrogen and oxygen atoms in total. The normalized spacial score (nSPS) is 19.5. The Bertz CT molecular complexity index is 536. The molecule has 1 amide bonds. The zero-order valence-electron chi connectivity index (χ0n) is 11.3. The summed E-state index contributed by atoms with van der Waals surface area (Å²) in [7, 11) is 0. The summed E-state index contributed by atoms with van der Waals surface area (Å²) in [6.07, 6.45) is 0.154. The SMILES string of the molecule is C[C@@H](c1ccccc1)N1C[C@@H](C(=O)OCC#N)CC1=O. The fourth-order valence-electron chi connectivity index (χ4n) is 2.40. The van der Waals surface area contributed by atoms with E-state index in [1.54, 1.807) is 11.0 Å². The maximum atomic E-state index is 12.0. The Morgan fingerprint density at radius 3 is 2.85 bits per heavy atom. The molecule has 1 heterocycles. The average Bonchev–Trinajstić information content (AvgIpc) is 2.87. The molecule has 0 bridgehead atoms. The monoisotopic (exact) mass is 272 g/mol. The molecule has 1 aliphatic rings. The second-order valence-electron chi connectivity index (χ2n) is 4.80. The van der Waals surface area contributed by atoms with Crippen LogP contribution in [0.3, 0.4) is 0 Å². The van der Waals surface area contributed by atoms with Gasteiger partial charge in [-0.05, 0) is 12.5 Å². The van der Waals surface area contributed by atoms with Gasteiger partial charge in [-0.25, -0.2) is 0 Å². The minimum atomic E-state index is -0.470. The Morgan fingerprint density at radius 2 is 2.20 bits per heavy atom. The minimum absolute atomic E-state index is 0.0553. The maximum Gasteiger partial charge on any atom is 0.312 e. The van der Waals surface area contributed by atoms with Gasteiger partial charge < -0.3 is 9.64 Å². The third-order valence-corrected chi connectivity index (χ3v) is 3.52. The topological polar surface area (TPSA) is 70.4 Å². The Labute approximate surface area is 117 Å². The predicted octanol–water partition coefficient (Wildman–Crippen LogP) is 1.66. The molecular weight excluding hydrogens is 256 g/mol. The molecule has 0 radical (unpaired) electrons. The smallest absolute Gasteiger partial charge is 0.312 e. The van der Waals surface area contributed by atoms with Gasteiger partial charge in [0, 0.05) is 13.0 Å². The van der Waals surface area contributed by atoms with Crippen LogP contribution < -0.4 is 0 Å². The van der Waals surface area contributed by atoms with Gasteiger partial charge in [0.1, 0.15) is 6.07 Å². The van der Waals surface area contributed by atoms with Crippen molar-refractivity contribution in [2.45, 2.75) is 19.4 Å². The van der Waals surface area contributed by atoms with Crippen LogP contribution in [0.15, 0.2) is 30.3 Å². The van der Waals surface area contributed by atoms with Crippen LogP contribution in [0.1, 0.15) is 24.9 Å². The van der Waals surface area contributed by atoms with Crippen LogP contribution in [-0.4, -0.2) is 29.9 Å². The van der Waals surface area contributed by atoms with Gasteiger partial charge >= 0.3 is 5.97 Å². The third kappa shape index (κ3) is 2.97. The summed E-state index contributed by atoms with van der Waals surface area (Å²) in [5.74, 6) is -0.995. The highest BCUT2D eigenvalue weighted by molar-refractivity contribution is 5.87. The quantitative estimate of drug-likeness (QED) is 0.782. The van der Waals surface area contributed by atoms with Gasteiger partial charge in [0.05, 0.1) is 12.0 Å². The number of hydrogen-bond acceptors (Lipinski definition) is 4. The predicted molar refractivity (Wildman–Crippen MR) is 71.2 cm³/mol. The number of esters is 1. The molecule has 1 aromatic carbocycles. The van der Waals surface area contributed by atoms with Crippen LogP contribution in [0.2, 0.25) is 0 Å². The molecule has 0 aliphatic carbocycles. The van der Waals surface area contributed by atoms with E-state index in [9.17, 15) is 9.59 Å². The average molecular weight is 272 g/mol. The lowest BCUT2D eigenvalue weighted by Crippen LogP contribution is -2.29. The molecule has 0 spiro atoms. The number of benzene rings is 1. The number of carbonyl (C=O) groups is 2. The number of nitrogens with zero attached hydrogens (tertiary/aromatic N) is 2. The summed E-state index contributed by atoms with van der Waals surface area (Å²) in [6, 6.07) is 11.4. The van der Waals surface area contributed by atoms with Gasteiger partial charge in [-0.2, -0.15) is 5.26 Å². The molecule has 0 N–H and O–H groups in total. The van der Waals surface area contributed by atoms with Gasteiger partial charge in [-0.15, -0.1) is 0 Å². The van der Waals surface area contributed by atoms with E-state index in [4.69, 9.17) is 10.00 Å². The summed E-state index contributed by atoms with van der Waals surface area (Å²) in [6.45, 7) is 2.02.